The molecule has 0 bridgehead atoms. The highest BCUT2D eigenvalue weighted by molar-refractivity contribution is 6.31. The molecule has 0 radical (unpaired) electrons. The van der Waals surface area contributed by atoms with Crippen molar-refractivity contribution in [2.24, 2.45) is 5.41 Å². The Labute approximate surface area is 129 Å². The number of urea groups is 1. The molecule has 6 heteroatoms. The minimum atomic E-state index is -0.950. The lowest BCUT2D eigenvalue weighted by atomic mass is 9.85. The summed E-state index contributed by atoms with van der Waals surface area (Å²) < 4.78 is 0. The number of aliphatic carboxylic acids is 1. The summed E-state index contributed by atoms with van der Waals surface area (Å²) in [5.74, 6) is -0.950. The highest BCUT2D eigenvalue weighted by Crippen LogP contribution is 2.23. The molecule has 0 saturated carbocycles. The van der Waals surface area contributed by atoms with Gasteiger partial charge in [0.2, 0.25) is 0 Å². The normalized spacial score (nSPS) is 12.6. The van der Waals surface area contributed by atoms with E-state index < -0.39 is 18.0 Å². The van der Waals surface area contributed by atoms with Crippen LogP contribution in [-0.4, -0.2) is 23.1 Å². The lowest BCUT2D eigenvalue weighted by molar-refractivity contribution is -0.138. The van der Waals surface area contributed by atoms with Crippen LogP contribution in [0.3, 0.4) is 0 Å². The number of rotatable bonds is 4. The van der Waals surface area contributed by atoms with Crippen molar-refractivity contribution in [2.45, 2.75) is 40.2 Å². The summed E-state index contributed by atoms with van der Waals surface area (Å²) >= 11 is 6.00. The number of carbonyl (C=O) groups is 2. The Bertz CT molecular complexity index is 538. The number of hydrogen-bond donors (Lipinski definition) is 3. The maximum Gasteiger partial charge on any atom is 0.319 e. The van der Waals surface area contributed by atoms with Crippen molar-refractivity contribution in [1.29, 1.82) is 0 Å². The zero-order chi connectivity index (χ0) is 16.2. The van der Waals surface area contributed by atoms with Crippen molar-refractivity contribution in [2.75, 3.05) is 5.32 Å². The van der Waals surface area contributed by atoms with Gasteiger partial charge in [-0.3, -0.25) is 4.79 Å². The van der Waals surface area contributed by atoms with E-state index in [2.05, 4.69) is 10.6 Å². The largest absolute Gasteiger partial charge is 0.481 e. The van der Waals surface area contributed by atoms with Crippen LogP contribution in [0.2, 0.25) is 5.02 Å². The van der Waals surface area contributed by atoms with Gasteiger partial charge in [0.05, 0.1) is 6.42 Å². The molecule has 0 aliphatic heterocycles. The van der Waals surface area contributed by atoms with Crippen LogP contribution in [0.25, 0.3) is 0 Å². The third-order valence-electron chi connectivity index (χ3n) is 3.16. The van der Waals surface area contributed by atoms with E-state index in [0.717, 1.165) is 5.56 Å². The summed E-state index contributed by atoms with van der Waals surface area (Å²) in [7, 11) is 0. The number of anilines is 1. The van der Waals surface area contributed by atoms with E-state index in [9.17, 15) is 9.59 Å². The molecule has 0 heterocycles. The van der Waals surface area contributed by atoms with Crippen LogP contribution in [-0.2, 0) is 4.79 Å². The molecule has 0 aromatic heterocycles. The quantitative estimate of drug-likeness (QED) is 0.794. The van der Waals surface area contributed by atoms with E-state index in [0.29, 0.717) is 10.7 Å². The van der Waals surface area contributed by atoms with Gasteiger partial charge in [-0.15, -0.1) is 0 Å². The Hall–Kier alpha value is -1.75. The van der Waals surface area contributed by atoms with E-state index in [1.165, 1.54) is 0 Å². The summed E-state index contributed by atoms with van der Waals surface area (Å²) in [4.78, 5) is 22.9. The first-order valence-electron chi connectivity index (χ1n) is 6.65. The Morgan fingerprint density at radius 3 is 2.43 bits per heavy atom. The van der Waals surface area contributed by atoms with Gasteiger partial charge in [-0.1, -0.05) is 38.4 Å². The Morgan fingerprint density at radius 2 is 1.95 bits per heavy atom. The van der Waals surface area contributed by atoms with Crippen molar-refractivity contribution in [3.8, 4) is 0 Å². The van der Waals surface area contributed by atoms with Crippen LogP contribution in [0.5, 0.6) is 0 Å². The molecular weight excluding hydrogens is 292 g/mol. The number of benzene rings is 1. The van der Waals surface area contributed by atoms with E-state index >= 15 is 0 Å². The molecule has 1 atom stereocenters. The highest BCUT2D eigenvalue weighted by atomic mass is 35.5. The predicted octanol–water partition coefficient (Wildman–Crippen LogP) is 3.66. The maximum atomic E-state index is 12.0. The van der Waals surface area contributed by atoms with Gasteiger partial charge in [0, 0.05) is 16.8 Å². The Morgan fingerprint density at radius 1 is 1.33 bits per heavy atom. The van der Waals surface area contributed by atoms with Crippen LogP contribution < -0.4 is 10.6 Å². The van der Waals surface area contributed by atoms with Crippen LogP contribution in [0.15, 0.2) is 18.2 Å². The zero-order valence-corrected chi connectivity index (χ0v) is 13.4. The standard InChI is InChI=1S/C15H21ClN2O3/c1-9-5-6-10(7-11(9)16)17-14(21)18-12(8-13(19)20)15(2,3)4/h5-7,12H,8H2,1-4H3,(H,19,20)(H2,17,18,21). The number of amides is 2. The molecule has 3 N–H and O–H groups in total. The fourth-order valence-corrected chi connectivity index (χ4v) is 1.92. The number of halogens is 1. The molecular formula is C15H21ClN2O3. The minimum Gasteiger partial charge on any atom is -0.481 e. The summed E-state index contributed by atoms with van der Waals surface area (Å²) in [5.41, 5.74) is 1.12. The van der Waals surface area contributed by atoms with Gasteiger partial charge < -0.3 is 15.7 Å². The monoisotopic (exact) mass is 312 g/mol. The van der Waals surface area contributed by atoms with Gasteiger partial charge in [-0.05, 0) is 30.0 Å². The number of carbonyl (C=O) groups excluding carboxylic acids is 1. The summed E-state index contributed by atoms with van der Waals surface area (Å²) in [6.45, 7) is 7.51. The lowest BCUT2D eigenvalue weighted by Gasteiger charge is -2.30. The molecule has 0 aliphatic carbocycles. The van der Waals surface area contributed by atoms with Gasteiger partial charge in [-0.25, -0.2) is 4.79 Å². The first-order valence-corrected chi connectivity index (χ1v) is 7.03. The van der Waals surface area contributed by atoms with Crippen molar-refractivity contribution in [3.63, 3.8) is 0 Å². The van der Waals surface area contributed by atoms with Crippen molar-refractivity contribution in [1.82, 2.24) is 5.32 Å². The molecule has 0 fully saturated rings. The summed E-state index contributed by atoms with van der Waals surface area (Å²) in [5, 5.41) is 14.8. The van der Waals surface area contributed by atoms with Crippen molar-refractivity contribution in [3.05, 3.63) is 28.8 Å². The molecule has 1 unspecified atom stereocenters. The van der Waals surface area contributed by atoms with Crippen molar-refractivity contribution < 1.29 is 14.7 Å². The van der Waals surface area contributed by atoms with Crippen molar-refractivity contribution >= 4 is 29.3 Å². The first kappa shape index (κ1) is 17.3. The number of carboxylic acids is 1. The van der Waals surface area contributed by atoms with Gasteiger partial charge in [0.15, 0.2) is 0 Å². The molecule has 0 spiro atoms. The third kappa shape index (κ3) is 5.63. The number of carboxylic acid groups (broad SMARTS) is 1. The van der Waals surface area contributed by atoms with Gasteiger partial charge >= 0.3 is 12.0 Å². The molecule has 1 aromatic rings. The van der Waals surface area contributed by atoms with Crippen LogP contribution in [0, 0.1) is 12.3 Å². The van der Waals surface area contributed by atoms with Crippen LogP contribution in [0.1, 0.15) is 32.8 Å². The molecule has 116 valence electrons. The molecule has 1 aromatic carbocycles. The molecule has 21 heavy (non-hydrogen) atoms. The lowest BCUT2D eigenvalue weighted by Crippen LogP contribution is -2.46. The Kier molecular flexibility index (Phi) is 5.61. The average molecular weight is 313 g/mol. The van der Waals surface area contributed by atoms with E-state index in [4.69, 9.17) is 16.7 Å². The molecule has 0 aliphatic rings. The van der Waals surface area contributed by atoms with Crippen LogP contribution in [0.4, 0.5) is 10.5 Å². The van der Waals surface area contributed by atoms with E-state index in [1.807, 2.05) is 27.7 Å². The number of nitrogens with one attached hydrogen (secondary N) is 2. The fourth-order valence-electron chi connectivity index (χ4n) is 1.74. The maximum absolute atomic E-state index is 12.0. The minimum absolute atomic E-state index is 0.133. The smallest absolute Gasteiger partial charge is 0.319 e. The second kappa shape index (κ2) is 6.80. The first-order chi connectivity index (χ1) is 9.59. The topological polar surface area (TPSA) is 78.4 Å². The zero-order valence-electron chi connectivity index (χ0n) is 12.7. The third-order valence-corrected chi connectivity index (χ3v) is 3.57. The van der Waals surface area contributed by atoms with Gasteiger partial charge in [-0.2, -0.15) is 0 Å². The fraction of sp³-hybridized carbons (Fsp3) is 0.467. The SMILES string of the molecule is Cc1ccc(NC(=O)NC(CC(=O)O)C(C)(C)C)cc1Cl. The molecule has 0 saturated heterocycles. The molecule has 1 rings (SSSR count). The summed E-state index contributed by atoms with van der Waals surface area (Å²) in [6.07, 6.45) is -0.133. The van der Waals surface area contributed by atoms with Gasteiger partial charge in [0.1, 0.15) is 0 Å². The van der Waals surface area contributed by atoms with Gasteiger partial charge in [0.25, 0.3) is 0 Å². The van der Waals surface area contributed by atoms with Crippen LogP contribution >= 0.6 is 11.6 Å². The van der Waals surface area contributed by atoms with E-state index in [-0.39, 0.29) is 11.8 Å². The molecule has 5 nitrogen and oxygen atoms in total. The second-order valence-corrected chi connectivity index (χ2v) is 6.49. The van der Waals surface area contributed by atoms with E-state index in [1.54, 1.807) is 18.2 Å². The number of hydrogen-bond acceptors (Lipinski definition) is 2. The predicted molar refractivity (Wildman–Crippen MR) is 83.8 cm³/mol. The highest BCUT2D eigenvalue weighted by Gasteiger charge is 2.28. The second-order valence-electron chi connectivity index (χ2n) is 6.08. The summed E-state index contributed by atoms with van der Waals surface area (Å²) in [6, 6.07) is 4.27. The average Bonchev–Trinajstić information content (AvgIpc) is 2.31. The molecule has 2 amide bonds. The Balaban J connectivity index is 2.73. The number of aryl methyl sites for hydroxylation is 1.